The quantitative estimate of drug-likeness (QED) is 0.333. The average Bonchev–Trinajstić information content (AvgIpc) is 2.88. The molecule has 4 rings (SSSR count). The lowest BCUT2D eigenvalue weighted by Crippen LogP contribution is -2.52. The van der Waals surface area contributed by atoms with Crippen LogP contribution in [0.2, 0.25) is 0 Å². The van der Waals surface area contributed by atoms with Crippen LogP contribution in [-0.2, 0) is 26.0 Å². The second kappa shape index (κ2) is 12.3. The van der Waals surface area contributed by atoms with E-state index in [-0.39, 0.29) is 4.90 Å². The SMILES string of the molecule is CCOc1ccc(Br)cc1S(=O)(=O)Nc1cccc(N(CCC2(N)COCCO2)Cc2ccccc2)c1. The molecule has 0 radical (unpaired) electrons. The summed E-state index contributed by atoms with van der Waals surface area (Å²) in [5, 5.41) is 0. The Morgan fingerprint density at radius 3 is 2.62 bits per heavy atom. The summed E-state index contributed by atoms with van der Waals surface area (Å²) in [4.78, 5) is 2.22. The van der Waals surface area contributed by atoms with Gasteiger partial charge in [0.1, 0.15) is 16.4 Å². The maximum Gasteiger partial charge on any atom is 0.265 e. The molecule has 0 aromatic heterocycles. The maximum absolute atomic E-state index is 13.3. The molecule has 3 aromatic carbocycles. The molecule has 0 aliphatic carbocycles. The summed E-state index contributed by atoms with van der Waals surface area (Å²) in [7, 11) is -3.91. The normalized spacial score (nSPS) is 17.8. The largest absolute Gasteiger partial charge is 0.492 e. The van der Waals surface area contributed by atoms with E-state index in [2.05, 4.69) is 37.7 Å². The molecule has 0 bridgehead atoms. The molecule has 10 heteroatoms. The van der Waals surface area contributed by atoms with Crippen molar-refractivity contribution in [3.05, 3.63) is 82.8 Å². The first-order chi connectivity index (χ1) is 17.8. The molecule has 1 heterocycles. The number of nitrogens with one attached hydrogen (secondary N) is 1. The summed E-state index contributed by atoms with van der Waals surface area (Å²) in [6, 6.07) is 22.3. The van der Waals surface area contributed by atoms with Gasteiger partial charge in [0.2, 0.25) is 0 Å². The van der Waals surface area contributed by atoms with Gasteiger partial charge in [0.15, 0.2) is 0 Å². The minimum absolute atomic E-state index is 0.0646. The highest BCUT2D eigenvalue weighted by atomic mass is 79.9. The molecular formula is C27H32BrN3O5S. The van der Waals surface area contributed by atoms with Crippen LogP contribution in [0.15, 0.2) is 82.2 Å². The summed E-state index contributed by atoms with van der Waals surface area (Å²) in [6.45, 7) is 4.71. The van der Waals surface area contributed by atoms with Crippen LogP contribution in [0.5, 0.6) is 5.75 Å². The van der Waals surface area contributed by atoms with Crippen LogP contribution < -0.4 is 20.1 Å². The number of benzene rings is 3. The lowest BCUT2D eigenvalue weighted by atomic mass is 10.1. The van der Waals surface area contributed by atoms with E-state index in [9.17, 15) is 8.42 Å². The van der Waals surface area contributed by atoms with E-state index < -0.39 is 15.7 Å². The van der Waals surface area contributed by atoms with Crippen LogP contribution in [-0.4, -0.2) is 47.1 Å². The van der Waals surface area contributed by atoms with Gasteiger partial charge in [0.05, 0.1) is 32.1 Å². The number of nitrogens with two attached hydrogens (primary N) is 1. The van der Waals surface area contributed by atoms with E-state index >= 15 is 0 Å². The third-order valence-corrected chi connectivity index (χ3v) is 7.84. The van der Waals surface area contributed by atoms with Crippen molar-refractivity contribution in [2.45, 2.75) is 30.5 Å². The van der Waals surface area contributed by atoms with Crippen LogP contribution >= 0.6 is 15.9 Å². The van der Waals surface area contributed by atoms with Crippen molar-refractivity contribution in [2.75, 3.05) is 42.6 Å². The molecule has 1 aliphatic heterocycles. The minimum Gasteiger partial charge on any atom is -0.492 e. The van der Waals surface area contributed by atoms with E-state index in [1.54, 1.807) is 18.2 Å². The van der Waals surface area contributed by atoms with E-state index in [4.69, 9.17) is 19.9 Å². The predicted molar refractivity (Wildman–Crippen MR) is 148 cm³/mol. The number of hydrogen-bond donors (Lipinski definition) is 2. The second-order valence-corrected chi connectivity index (χ2v) is 11.4. The number of hydrogen-bond acceptors (Lipinski definition) is 7. The molecule has 3 N–H and O–H groups in total. The number of ether oxygens (including phenoxy) is 3. The van der Waals surface area contributed by atoms with E-state index in [1.165, 1.54) is 6.07 Å². The van der Waals surface area contributed by atoms with Crippen molar-refractivity contribution >= 4 is 37.3 Å². The number of sulfonamides is 1. The van der Waals surface area contributed by atoms with Crippen LogP contribution in [0, 0.1) is 0 Å². The lowest BCUT2D eigenvalue weighted by Gasteiger charge is -2.36. The topological polar surface area (TPSA) is 103 Å². The molecule has 1 aliphatic rings. The fourth-order valence-corrected chi connectivity index (χ4v) is 5.84. The highest BCUT2D eigenvalue weighted by Crippen LogP contribution is 2.31. The highest BCUT2D eigenvalue weighted by Gasteiger charge is 2.30. The summed E-state index contributed by atoms with van der Waals surface area (Å²) >= 11 is 3.36. The van der Waals surface area contributed by atoms with Gasteiger partial charge in [-0.1, -0.05) is 52.3 Å². The van der Waals surface area contributed by atoms with E-state index in [0.29, 0.717) is 61.8 Å². The molecule has 0 saturated carbocycles. The van der Waals surface area contributed by atoms with E-state index in [1.807, 2.05) is 43.3 Å². The van der Waals surface area contributed by atoms with Gasteiger partial charge in [-0.05, 0) is 48.9 Å². The van der Waals surface area contributed by atoms with Crippen molar-refractivity contribution in [2.24, 2.45) is 5.73 Å². The smallest absolute Gasteiger partial charge is 0.265 e. The van der Waals surface area contributed by atoms with Crippen molar-refractivity contribution in [1.29, 1.82) is 0 Å². The van der Waals surface area contributed by atoms with Gasteiger partial charge in [0.25, 0.3) is 10.0 Å². The Kier molecular flexibility index (Phi) is 9.09. The van der Waals surface area contributed by atoms with Gasteiger partial charge in [-0.3, -0.25) is 4.72 Å². The van der Waals surface area contributed by atoms with Crippen LogP contribution in [0.1, 0.15) is 18.9 Å². The molecule has 198 valence electrons. The highest BCUT2D eigenvalue weighted by molar-refractivity contribution is 9.10. The predicted octanol–water partition coefficient (Wildman–Crippen LogP) is 4.75. The Labute approximate surface area is 226 Å². The van der Waals surface area contributed by atoms with Gasteiger partial charge in [-0.15, -0.1) is 0 Å². The zero-order valence-corrected chi connectivity index (χ0v) is 23.1. The second-order valence-electron chi connectivity index (χ2n) is 8.80. The van der Waals surface area contributed by atoms with Gasteiger partial charge in [0, 0.05) is 29.7 Å². The summed E-state index contributed by atoms with van der Waals surface area (Å²) < 4.78 is 46.9. The molecule has 0 amide bonds. The Hall–Kier alpha value is -2.63. The van der Waals surface area contributed by atoms with Gasteiger partial charge in [-0.2, -0.15) is 0 Å². The molecule has 1 atom stereocenters. The summed E-state index contributed by atoms with van der Waals surface area (Å²) in [5.74, 6) is 0.294. The van der Waals surface area contributed by atoms with Gasteiger partial charge in [-0.25, -0.2) is 8.42 Å². The van der Waals surface area contributed by atoms with Gasteiger partial charge >= 0.3 is 0 Å². The van der Waals surface area contributed by atoms with Crippen LogP contribution in [0.25, 0.3) is 0 Å². The third kappa shape index (κ3) is 7.45. The number of nitrogens with zero attached hydrogens (tertiary/aromatic N) is 1. The molecule has 1 saturated heterocycles. The zero-order valence-electron chi connectivity index (χ0n) is 20.7. The lowest BCUT2D eigenvalue weighted by molar-refractivity contribution is -0.156. The molecule has 0 spiro atoms. The molecule has 37 heavy (non-hydrogen) atoms. The number of rotatable bonds is 11. The van der Waals surface area contributed by atoms with Crippen molar-refractivity contribution in [1.82, 2.24) is 0 Å². The molecular weight excluding hydrogens is 558 g/mol. The molecule has 1 fully saturated rings. The molecule has 3 aromatic rings. The number of halogens is 1. The standard InChI is InChI=1S/C27H32BrN3O5S/c1-2-35-25-12-11-22(28)17-26(25)37(32,33)30-23-9-6-10-24(18-23)31(19-21-7-4-3-5-8-21)14-13-27(29)20-34-15-16-36-27/h3-12,17-18,30H,2,13-16,19-20,29H2,1H3. The van der Waals surface area contributed by atoms with Crippen LogP contribution in [0.3, 0.4) is 0 Å². The first-order valence-corrected chi connectivity index (χ1v) is 14.4. The summed E-state index contributed by atoms with van der Waals surface area (Å²) in [6.07, 6.45) is 0.547. The van der Waals surface area contributed by atoms with Crippen molar-refractivity contribution < 1.29 is 22.6 Å². The fraction of sp³-hybridized carbons (Fsp3) is 0.333. The van der Waals surface area contributed by atoms with Crippen LogP contribution in [0.4, 0.5) is 11.4 Å². The first-order valence-electron chi connectivity index (χ1n) is 12.1. The number of anilines is 2. The molecule has 8 nitrogen and oxygen atoms in total. The average molecular weight is 591 g/mol. The van der Waals surface area contributed by atoms with Gasteiger partial charge < -0.3 is 24.8 Å². The maximum atomic E-state index is 13.3. The Bertz CT molecular complexity index is 1280. The van der Waals surface area contributed by atoms with E-state index in [0.717, 1.165) is 11.3 Å². The Morgan fingerprint density at radius 1 is 1.08 bits per heavy atom. The first kappa shape index (κ1) is 27.4. The fourth-order valence-electron chi connectivity index (χ4n) is 4.11. The summed E-state index contributed by atoms with van der Waals surface area (Å²) in [5.41, 5.74) is 7.98. The Morgan fingerprint density at radius 2 is 1.89 bits per heavy atom. The Balaban J connectivity index is 1.59. The third-order valence-electron chi connectivity index (χ3n) is 5.94. The van der Waals surface area contributed by atoms with Crippen molar-refractivity contribution in [3.63, 3.8) is 0 Å². The zero-order chi connectivity index (χ0) is 26.3. The minimum atomic E-state index is -3.91. The molecule has 1 unspecified atom stereocenters. The monoisotopic (exact) mass is 589 g/mol. The van der Waals surface area contributed by atoms with Crippen molar-refractivity contribution in [3.8, 4) is 5.75 Å².